The van der Waals surface area contributed by atoms with Crippen LogP contribution in [-0.2, 0) is 6.54 Å². The first-order valence-corrected chi connectivity index (χ1v) is 11.4. The van der Waals surface area contributed by atoms with Crippen molar-refractivity contribution in [3.63, 3.8) is 0 Å². The van der Waals surface area contributed by atoms with E-state index in [2.05, 4.69) is 31.7 Å². The lowest BCUT2D eigenvalue weighted by Gasteiger charge is -2.29. The summed E-state index contributed by atoms with van der Waals surface area (Å²) in [7, 11) is 0. The van der Waals surface area contributed by atoms with E-state index in [0.717, 1.165) is 38.5 Å². The third-order valence-corrected chi connectivity index (χ3v) is 7.68. The van der Waals surface area contributed by atoms with Crippen molar-refractivity contribution in [2.75, 3.05) is 0 Å². The average molecular weight is 409 g/mol. The highest BCUT2D eigenvalue weighted by molar-refractivity contribution is 7.11. The molecule has 2 aliphatic carbocycles. The van der Waals surface area contributed by atoms with Crippen molar-refractivity contribution in [2.45, 2.75) is 64.0 Å². The van der Waals surface area contributed by atoms with E-state index < -0.39 is 0 Å². The van der Waals surface area contributed by atoms with Crippen LogP contribution < -0.4 is 5.69 Å². The maximum Gasteiger partial charge on any atom is 0.329 e. The molecule has 4 aromatic rings. The van der Waals surface area contributed by atoms with Crippen molar-refractivity contribution in [3.05, 3.63) is 39.0 Å². The summed E-state index contributed by atoms with van der Waals surface area (Å²) in [4.78, 5) is 21.5. The van der Waals surface area contributed by atoms with E-state index >= 15 is 0 Å². The number of fused-ring (bicyclic) bond motifs is 3. The number of hydrogen-bond acceptors (Lipinski definition) is 5. The Labute approximate surface area is 171 Å². The lowest BCUT2D eigenvalue weighted by molar-refractivity contribution is 0.256. The second kappa shape index (κ2) is 6.52. The lowest BCUT2D eigenvalue weighted by atomic mass is 9.85. The van der Waals surface area contributed by atoms with E-state index in [-0.39, 0.29) is 11.7 Å². The summed E-state index contributed by atoms with van der Waals surface area (Å²) >= 11 is 1.65. The fourth-order valence-electron chi connectivity index (χ4n) is 4.86. The molecule has 1 unspecified atom stereocenters. The molecule has 7 nitrogen and oxygen atoms in total. The molecule has 0 aliphatic heterocycles. The van der Waals surface area contributed by atoms with Crippen molar-refractivity contribution in [1.82, 2.24) is 29.3 Å². The van der Waals surface area contributed by atoms with Gasteiger partial charge in [0.05, 0.1) is 23.8 Å². The molecule has 6 rings (SSSR count). The van der Waals surface area contributed by atoms with E-state index in [9.17, 15) is 4.79 Å². The zero-order valence-electron chi connectivity index (χ0n) is 16.5. The Morgan fingerprint density at radius 1 is 1.21 bits per heavy atom. The minimum absolute atomic E-state index is 0.0532. The Kier molecular flexibility index (Phi) is 3.91. The number of aromatic amines is 1. The summed E-state index contributed by atoms with van der Waals surface area (Å²) in [5, 5.41) is 11.8. The van der Waals surface area contributed by atoms with Crippen LogP contribution >= 0.6 is 11.3 Å². The molecule has 29 heavy (non-hydrogen) atoms. The zero-order chi connectivity index (χ0) is 19.5. The number of nitrogens with one attached hydrogen (secondary N) is 1. The zero-order valence-corrected chi connectivity index (χ0v) is 17.3. The van der Waals surface area contributed by atoms with Crippen LogP contribution in [0.2, 0.25) is 0 Å². The van der Waals surface area contributed by atoms with Gasteiger partial charge in [-0.25, -0.2) is 9.78 Å². The Hall–Kier alpha value is -2.48. The first-order valence-electron chi connectivity index (χ1n) is 10.6. The van der Waals surface area contributed by atoms with Gasteiger partial charge >= 0.3 is 5.69 Å². The van der Waals surface area contributed by atoms with E-state index in [1.165, 1.54) is 32.1 Å². The Morgan fingerprint density at radius 2 is 2.07 bits per heavy atom. The van der Waals surface area contributed by atoms with Gasteiger partial charge in [-0.3, -0.25) is 9.13 Å². The molecule has 0 spiro atoms. The monoisotopic (exact) mass is 408 g/mol. The maximum atomic E-state index is 13.7. The molecule has 0 saturated heterocycles. The highest BCUT2D eigenvalue weighted by Gasteiger charge is 2.30. The topological polar surface area (TPSA) is 81.4 Å². The van der Waals surface area contributed by atoms with Crippen molar-refractivity contribution in [2.24, 2.45) is 5.92 Å². The smallest absolute Gasteiger partial charge is 0.329 e. The number of aromatic nitrogens is 6. The van der Waals surface area contributed by atoms with Gasteiger partial charge < -0.3 is 4.98 Å². The van der Waals surface area contributed by atoms with E-state index in [1.54, 1.807) is 11.3 Å². The molecule has 1 N–H and O–H groups in total. The number of pyridine rings is 1. The second-order valence-corrected chi connectivity index (χ2v) is 9.70. The number of hydrogen-bond donors (Lipinski definition) is 1. The van der Waals surface area contributed by atoms with Crippen molar-refractivity contribution >= 4 is 33.4 Å². The van der Waals surface area contributed by atoms with Gasteiger partial charge in [0, 0.05) is 23.5 Å². The summed E-state index contributed by atoms with van der Waals surface area (Å²) in [6, 6.07) is 2.27. The Morgan fingerprint density at radius 3 is 2.90 bits per heavy atom. The predicted octanol–water partition coefficient (Wildman–Crippen LogP) is 4.21. The number of rotatable bonds is 4. The van der Waals surface area contributed by atoms with Crippen LogP contribution in [0.15, 0.2) is 23.3 Å². The summed E-state index contributed by atoms with van der Waals surface area (Å²) < 4.78 is 3.91. The number of H-pyrrole nitrogens is 1. The first-order chi connectivity index (χ1) is 14.2. The summed E-state index contributed by atoms with van der Waals surface area (Å²) in [6.07, 6.45) is 10.8. The van der Waals surface area contributed by atoms with E-state index in [1.807, 2.05) is 23.0 Å². The van der Waals surface area contributed by atoms with Crippen LogP contribution in [0, 0.1) is 5.92 Å². The highest BCUT2D eigenvalue weighted by Crippen LogP contribution is 2.41. The standard InChI is InChI=1S/C21H24N6OS/c1-12-4-2-3-5-15(12)27-18-14-8-9-22-19(14)23-10-16(18)26(21(27)28)11-17-24-25-20(29-17)13-6-7-13/h8-10,12-13,15H,2-7,11H2,1H3,(H,22,23)/t12?,15-/m0/s1. The van der Waals surface area contributed by atoms with Gasteiger partial charge in [-0.2, -0.15) is 0 Å². The van der Waals surface area contributed by atoms with Crippen molar-refractivity contribution in [1.29, 1.82) is 0 Å². The molecule has 0 aromatic carbocycles. The van der Waals surface area contributed by atoms with Gasteiger partial charge in [0.15, 0.2) is 0 Å². The van der Waals surface area contributed by atoms with Crippen LogP contribution in [0.25, 0.3) is 22.1 Å². The van der Waals surface area contributed by atoms with Crippen LogP contribution in [-0.4, -0.2) is 29.3 Å². The molecule has 0 bridgehead atoms. The Balaban J connectivity index is 1.54. The van der Waals surface area contributed by atoms with Gasteiger partial charge in [0.1, 0.15) is 15.7 Å². The van der Waals surface area contributed by atoms with Gasteiger partial charge in [-0.1, -0.05) is 31.1 Å². The minimum atomic E-state index is 0.0532. The molecule has 4 heterocycles. The lowest BCUT2D eigenvalue weighted by Crippen LogP contribution is -2.32. The summed E-state index contributed by atoms with van der Waals surface area (Å²) in [6.45, 7) is 2.74. The number of imidazole rings is 1. The number of nitrogens with zero attached hydrogens (tertiary/aromatic N) is 5. The summed E-state index contributed by atoms with van der Waals surface area (Å²) in [5.74, 6) is 1.08. The van der Waals surface area contributed by atoms with Crippen LogP contribution in [0.5, 0.6) is 0 Å². The molecule has 2 fully saturated rings. The SMILES string of the molecule is CC1CCCC[C@@H]1n1c(=O)n(Cc2nnc(C3CC3)s2)c2cnc3[nH]ccc3c21. The van der Waals surface area contributed by atoms with Crippen LogP contribution in [0.1, 0.15) is 67.4 Å². The van der Waals surface area contributed by atoms with Crippen molar-refractivity contribution < 1.29 is 0 Å². The first kappa shape index (κ1) is 17.4. The molecular weight excluding hydrogens is 384 g/mol. The molecule has 0 radical (unpaired) electrons. The predicted molar refractivity (Wildman–Crippen MR) is 114 cm³/mol. The molecule has 2 atom stereocenters. The average Bonchev–Trinajstić information content (AvgIpc) is 3.17. The quantitative estimate of drug-likeness (QED) is 0.548. The molecule has 150 valence electrons. The molecule has 2 saturated carbocycles. The molecule has 0 amide bonds. The minimum Gasteiger partial charge on any atom is -0.346 e. The fraction of sp³-hybridized carbons (Fsp3) is 0.524. The van der Waals surface area contributed by atoms with E-state index in [0.29, 0.717) is 18.4 Å². The summed E-state index contributed by atoms with van der Waals surface area (Å²) in [5.41, 5.74) is 2.78. The molecule has 8 heteroatoms. The third kappa shape index (κ3) is 2.76. The van der Waals surface area contributed by atoms with Crippen molar-refractivity contribution in [3.8, 4) is 0 Å². The molecule has 2 aliphatic rings. The molecule has 4 aromatic heterocycles. The van der Waals surface area contributed by atoms with Gasteiger partial charge in [-0.15, -0.1) is 10.2 Å². The van der Waals surface area contributed by atoms with Gasteiger partial charge in [-0.05, 0) is 37.7 Å². The normalized spacial score (nSPS) is 22.7. The van der Waals surface area contributed by atoms with Gasteiger partial charge in [0.2, 0.25) is 0 Å². The second-order valence-electron chi connectivity index (χ2n) is 8.61. The Bertz CT molecular complexity index is 1260. The largest absolute Gasteiger partial charge is 0.346 e. The fourth-order valence-corrected chi connectivity index (χ4v) is 5.87. The molecular formula is C21H24N6OS. The van der Waals surface area contributed by atoms with E-state index in [4.69, 9.17) is 0 Å². The van der Waals surface area contributed by atoms with Gasteiger partial charge in [0.25, 0.3) is 0 Å². The highest BCUT2D eigenvalue weighted by atomic mass is 32.1. The third-order valence-electron chi connectivity index (χ3n) is 6.61. The maximum absolute atomic E-state index is 13.7. The van der Waals surface area contributed by atoms with Crippen LogP contribution in [0.4, 0.5) is 0 Å². The van der Waals surface area contributed by atoms with Crippen LogP contribution in [0.3, 0.4) is 0 Å².